The molecule has 1 atom stereocenters. The molecule has 3 nitrogen and oxygen atoms in total. The van der Waals surface area contributed by atoms with Gasteiger partial charge in [0.2, 0.25) is 0 Å². The van der Waals surface area contributed by atoms with Gasteiger partial charge < -0.3 is 10.8 Å². The molecule has 0 heterocycles. The van der Waals surface area contributed by atoms with Crippen molar-refractivity contribution in [2.24, 2.45) is 11.7 Å². The number of aliphatic hydroxyl groups is 1. The predicted octanol–water partition coefficient (Wildman–Crippen LogP) is 6.37. The van der Waals surface area contributed by atoms with Crippen LogP contribution in [0.2, 0.25) is 0 Å². The van der Waals surface area contributed by atoms with Crippen LogP contribution >= 0.6 is 0 Å². The zero-order chi connectivity index (χ0) is 20.4. The van der Waals surface area contributed by atoms with Gasteiger partial charge in [-0.25, -0.2) is 0 Å². The lowest BCUT2D eigenvalue weighted by Gasteiger charge is -2.25. The van der Waals surface area contributed by atoms with Gasteiger partial charge in [-0.1, -0.05) is 90.9 Å². The summed E-state index contributed by atoms with van der Waals surface area (Å²) in [6, 6.07) is 0. The summed E-state index contributed by atoms with van der Waals surface area (Å²) in [5.41, 5.74) is 4.24. The standard InChI is InChI=1S/C24H48NO2/c1-4-24(27,20-17-21-25)23(26)19-16-14-12-10-8-6-5-7-9-11-13-15-18-22(2)3/h22,27H,1,4-21,25H2,2-3H3. The first-order valence-electron chi connectivity index (χ1n) is 11.7. The van der Waals surface area contributed by atoms with E-state index in [0.29, 0.717) is 25.8 Å². The molecule has 0 aromatic heterocycles. The van der Waals surface area contributed by atoms with E-state index in [0.717, 1.165) is 18.8 Å². The van der Waals surface area contributed by atoms with Gasteiger partial charge in [0.1, 0.15) is 5.60 Å². The zero-order valence-corrected chi connectivity index (χ0v) is 18.4. The number of nitrogens with two attached hydrogens (primary N) is 1. The second kappa shape index (κ2) is 17.7. The molecule has 0 rings (SSSR count). The second-order valence-electron chi connectivity index (χ2n) is 8.77. The Morgan fingerprint density at radius 1 is 0.852 bits per heavy atom. The molecule has 3 heteroatoms. The summed E-state index contributed by atoms with van der Waals surface area (Å²) in [5, 5.41) is 10.4. The van der Waals surface area contributed by atoms with E-state index in [2.05, 4.69) is 20.8 Å². The van der Waals surface area contributed by atoms with E-state index in [1.807, 2.05) is 0 Å². The van der Waals surface area contributed by atoms with Gasteiger partial charge in [-0.2, -0.15) is 0 Å². The van der Waals surface area contributed by atoms with E-state index in [1.54, 1.807) is 0 Å². The maximum atomic E-state index is 12.2. The van der Waals surface area contributed by atoms with Gasteiger partial charge >= 0.3 is 0 Å². The predicted molar refractivity (Wildman–Crippen MR) is 118 cm³/mol. The first kappa shape index (κ1) is 26.6. The minimum Gasteiger partial charge on any atom is -0.382 e. The van der Waals surface area contributed by atoms with Gasteiger partial charge in [-0.15, -0.1) is 0 Å². The van der Waals surface area contributed by atoms with Crippen LogP contribution in [0.1, 0.15) is 123 Å². The van der Waals surface area contributed by atoms with Crippen molar-refractivity contribution in [1.29, 1.82) is 0 Å². The third-order valence-corrected chi connectivity index (χ3v) is 5.66. The fourth-order valence-electron chi connectivity index (χ4n) is 3.64. The van der Waals surface area contributed by atoms with Gasteiger partial charge in [0, 0.05) is 6.42 Å². The Balaban J connectivity index is 3.43. The van der Waals surface area contributed by atoms with Crippen LogP contribution in [0.3, 0.4) is 0 Å². The van der Waals surface area contributed by atoms with E-state index >= 15 is 0 Å². The van der Waals surface area contributed by atoms with Crippen molar-refractivity contribution in [2.45, 2.75) is 129 Å². The van der Waals surface area contributed by atoms with Crippen LogP contribution in [0.5, 0.6) is 0 Å². The monoisotopic (exact) mass is 382 g/mol. The summed E-state index contributed by atoms with van der Waals surface area (Å²) in [7, 11) is 0. The number of hydrogen-bond donors (Lipinski definition) is 2. The summed E-state index contributed by atoms with van der Waals surface area (Å²) < 4.78 is 0. The number of Topliss-reactive ketones (excluding diaryl/α,β-unsaturated/α-hetero) is 1. The minimum atomic E-state index is -1.24. The number of ketones is 1. The highest BCUT2D eigenvalue weighted by Crippen LogP contribution is 2.21. The van der Waals surface area contributed by atoms with Crippen LogP contribution < -0.4 is 5.73 Å². The van der Waals surface area contributed by atoms with Gasteiger partial charge in [0.15, 0.2) is 5.78 Å². The summed E-state index contributed by atoms with van der Waals surface area (Å²) in [5.74, 6) is 0.813. The number of hydrogen-bond acceptors (Lipinski definition) is 3. The van der Waals surface area contributed by atoms with Crippen LogP contribution in [-0.4, -0.2) is 23.0 Å². The van der Waals surface area contributed by atoms with Gasteiger partial charge in [0.25, 0.3) is 0 Å². The van der Waals surface area contributed by atoms with Gasteiger partial charge in [-0.05, 0) is 45.1 Å². The molecule has 0 aromatic carbocycles. The smallest absolute Gasteiger partial charge is 0.164 e. The first-order valence-corrected chi connectivity index (χ1v) is 11.7. The Hall–Kier alpha value is -0.410. The normalized spacial score (nSPS) is 13.9. The molecule has 3 N–H and O–H groups in total. The second-order valence-corrected chi connectivity index (χ2v) is 8.77. The average molecular weight is 383 g/mol. The molecule has 0 aromatic rings. The zero-order valence-electron chi connectivity index (χ0n) is 18.4. The topological polar surface area (TPSA) is 63.3 Å². The quantitative estimate of drug-likeness (QED) is 0.241. The number of unbranched alkanes of at least 4 members (excludes halogenated alkanes) is 11. The van der Waals surface area contributed by atoms with Crippen LogP contribution in [-0.2, 0) is 4.79 Å². The molecule has 0 spiro atoms. The fourth-order valence-corrected chi connectivity index (χ4v) is 3.64. The van der Waals surface area contributed by atoms with E-state index in [1.165, 1.54) is 70.6 Å². The van der Waals surface area contributed by atoms with Crippen molar-refractivity contribution in [3.05, 3.63) is 6.92 Å². The molecule has 0 bridgehead atoms. The first-order chi connectivity index (χ1) is 13.0. The van der Waals surface area contributed by atoms with E-state index < -0.39 is 5.60 Å². The number of carbonyl (C=O) groups is 1. The molecule has 0 amide bonds. The van der Waals surface area contributed by atoms with Crippen LogP contribution in [0.25, 0.3) is 0 Å². The molecule has 27 heavy (non-hydrogen) atoms. The minimum absolute atomic E-state index is 0.0423. The highest BCUT2D eigenvalue weighted by Gasteiger charge is 2.31. The van der Waals surface area contributed by atoms with E-state index in [-0.39, 0.29) is 12.2 Å². The van der Waals surface area contributed by atoms with Crippen molar-refractivity contribution in [3.8, 4) is 0 Å². The van der Waals surface area contributed by atoms with Crippen molar-refractivity contribution in [2.75, 3.05) is 6.54 Å². The summed E-state index contributed by atoms with van der Waals surface area (Å²) in [6.07, 6.45) is 18.8. The molecular formula is C24H48NO2. The Morgan fingerprint density at radius 2 is 1.30 bits per heavy atom. The average Bonchev–Trinajstić information content (AvgIpc) is 2.65. The van der Waals surface area contributed by atoms with Crippen LogP contribution in [0, 0.1) is 12.8 Å². The number of rotatable bonds is 20. The maximum Gasteiger partial charge on any atom is 0.164 e. The lowest BCUT2D eigenvalue weighted by Crippen LogP contribution is -2.38. The van der Waals surface area contributed by atoms with Crippen molar-refractivity contribution in [3.63, 3.8) is 0 Å². The third kappa shape index (κ3) is 15.2. The molecule has 161 valence electrons. The summed E-state index contributed by atoms with van der Waals surface area (Å²) in [6.45, 7) is 8.87. The Labute approximate surface area is 169 Å². The molecule has 1 radical (unpaired) electrons. The SMILES string of the molecule is [CH2]CC(O)(CCCN)C(=O)CCCCCCCCCCCCCCC(C)C. The Bertz CT molecular complexity index is 343. The van der Waals surface area contributed by atoms with Crippen molar-refractivity contribution >= 4 is 5.78 Å². The number of carbonyl (C=O) groups excluding carboxylic acids is 1. The molecule has 0 aliphatic rings. The summed E-state index contributed by atoms with van der Waals surface area (Å²) in [4.78, 5) is 12.2. The maximum absolute atomic E-state index is 12.2. The van der Waals surface area contributed by atoms with Crippen LogP contribution in [0.4, 0.5) is 0 Å². The van der Waals surface area contributed by atoms with Crippen molar-refractivity contribution in [1.82, 2.24) is 0 Å². The van der Waals surface area contributed by atoms with Gasteiger partial charge in [0.05, 0.1) is 0 Å². The van der Waals surface area contributed by atoms with Gasteiger partial charge in [-0.3, -0.25) is 4.79 Å². The molecule has 1 unspecified atom stereocenters. The Morgan fingerprint density at radius 3 is 1.70 bits per heavy atom. The lowest BCUT2D eigenvalue weighted by molar-refractivity contribution is -0.138. The molecule has 0 saturated carbocycles. The van der Waals surface area contributed by atoms with E-state index in [4.69, 9.17) is 5.73 Å². The molecular weight excluding hydrogens is 334 g/mol. The molecule has 0 aliphatic carbocycles. The van der Waals surface area contributed by atoms with E-state index in [9.17, 15) is 9.90 Å². The fraction of sp³-hybridized carbons (Fsp3) is 0.917. The molecule has 0 aliphatic heterocycles. The highest BCUT2D eigenvalue weighted by atomic mass is 16.3. The Kier molecular flexibility index (Phi) is 17.4. The molecule has 0 saturated heterocycles. The van der Waals surface area contributed by atoms with Crippen LogP contribution in [0.15, 0.2) is 0 Å². The lowest BCUT2D eigenvalue weighted by atomic mass is 9.87. The molecule has 0 fully saturated rings. The summed E-state index contributed by atoms with van der Waals surface area (Å²) >= 11 is 0. The highest BCUT2D eigenvalue weighted by molar-refractivity contribution is 5.87. The van der Waals surface area contributed by atoms with Crippen molar-refractivity contribution < 1.29 is 9.90 Å². The third-order valence-electron chi connectivity index (χ3n) is 5.66. The largest absolute Gasteiger partial charge is 0.382 e.